The largest absolute Gasteiger partial charge is 0.350 e. The van der Waals surface area contributed by atoms with Crippen LogP contribution in [-0.4, -0.2) is 56.5 Å². The number of hydrogen-bond donors (Lipinski definition) is 0. The van der Waals surface area contributed by atoms with Crippen molar-refractivity contribution in [2.75, 3.05) is 25.0 Å². The molecule has 0 bridgehead atoms. The first-order chi connectivity index (χ1) is 13.5. The fourth-order valence-electron chi connectivity index (χ4n) is 3.17. The Morgan fingerprint density at radius 3 is 2.54 bits per heavy atom. The van der Waals surface area contributed by atoms with E-state index in [0.29, 0.717) is 24.3 Å². The lowest BCUT2D eigenvalue weighted by atomic mass is 10.1. The monoisotopic (exact) mass is 384 g/mol. The number of imidazole rings is 1. The average molecular weight is 384 g/mol. The molecule has 0 radical (unpaired) electrons. The third kappa shape index (κ3) is 3.08. The molecule has 1 aliphatic heterocycles. The van der Waals surface area contributed by atoms with Crippen LogP contribution in [0, 0.1) is 11.6 Å². The van der Waals surface area contributed by atoms with Crippen molar-refractivity contribution in [3.63, 3.8) is 0 Å². The van der Waals surface area contributed by atoms with Crippen LogP contribution in [0.25, 0.3) is 11.3 Å². The average Bonchev–Trinajstić information content (AvgIpc) is 3.08. The highest BCUT2D eigenvalue weighted by molar-refractivity contribution is 5.92. The second kappa shape index (κ2) is 6.99. The summed E-state index contributed by atoms with van der Waals surface area (Å²) in [4.78, 5) is 28.0. The molecule has 7 nitrogen and oxygen atoms in total. The van der Waals surface area contributed by atoms with Crippen molar-refractivity contribution < 1.29 is 13.6 Å². The van der Waals surface area contributed by atoms with Gasteiger partial charge in [0.1, 0.15) is 23.5 Å². The fourth-order valence-corrected chi connectivity index (χ4v) is 3.17. The zero-order valence-corrected chi connectivity index (χ0v) is 15.4. The second-order valence-electron chi connectivity index (χ2n) is 6.73. The molecule has 3 aromatic rings. The molecule has 1 aromatic carbocycles. The molecule has 28 heavy (non-hydrogen) atoms. The molecular formula is C19H18F2N6O. The predicted molar refractivity (Wildman–Crippen MR) is 98.7 cm³/mol. The maximum atomic E-state index is 14.9. The van der Waals surface area contributed by atoms with E-state index >= 15 is 0 Å². The van der Waals surface area contributed by atoms with Crippen LogP contribution in [0.4, 0.5) is 14.6 Å². The number of rotatable bonds is 4. The number of anilines is 1. The first kappa shape index (κ1) is 18.0. The molecule has 0 saturated carbocycles. The summed E-state index contributed by atoms with van der Waals surface area (Å²) in [6.07, 6.45) is 4.38. The van der Waals surface area contributed by atoms with Crippen LogP contribution in [0.2, 0.25) is 0 Å². The van der Waals surface area contributed by atoms with Gasteiger partial charge in [0, 0.05) is 32.7 Å². The van der Waals surface area contributed by atoms with Crippen LogP contribution in [0.15, 0.2) is 43.1 Å². The number of aromatic nitrogens is 4. The summed E-state index contributed by atoms with van der Waals surface area (Å²) >= 11 is 0. The van der Waals surface area contributed by atoms with Gasteiger partial charge in [0.05, 0.1) is 18.6 Å². The topological polar surface area (TPSA) is 67.2 Å². The number of halogens is 2. The van der Waals surface area contributed by atoms with Crippen molar-refractivity contribution in [1.29, 1.82) is 0 Å². The van der Waals surface area contributed by atoms with E-state index in [2.05, 4.69) is 15.0 Å². The summed E-state index contributed by atoms with van der Waals surface area (Å²) in [6, 6.07) is 5.41. The SMILES string of the molecule is CN(C(=O)c1cncn1C)C1CN(c2ncnc(-c3ccc(F)cc3)c2F)C1. The molecule has 1 aliphatic rings. The second-order valence-corrected chi connectivity index (χ2v) is 6.73. The first-order valence-electron chi connectivity index (χ1n) is 8.70. The van der Waals surface area contributed by atoms with Crippen LogP contribution >= 0.6 is 0 Å². The highest BCUT2D eigenvalue weighted by atomic mass is 19.1. The summed E-state index contributed by atoms with van der Waals surface area (Å²) < 4.78 is 29.7. The van der Waals surface area contributed by atoms with Gasteiger partial charge in [-0.1, -0.05) is 0 Å². The van der Waals surface area contributed by atoms with E-state index < -0.39 is 11.6 Å². The van der Waals surface area contributed by atoms with Crippen LogP contribution in [0.3, 0.4) is 0 Å². The normalized spacial score (nSPS) is 14.1. The van der Waals surface area contributed by atoms with Crippen molar-refractivity contribution >= 4 is 11.7 Å². The molecule has 1 amide bonds. The van der Waals surface area contributed by atoms with E-state index in [9.17, 15) is 13.6 Å². The lowest BCUT2D eigenvalue weighted by molar-refractivity contribution is 0.0695. The Hall–Kier alpha value is -3.36. The lowest BCUT2D eigenvalue weighted by Gasteiger charge is -2.44. The molecule has 0 spiro atoms. The van der Waals surface area contributed by atoms with Crippen molar-refractivity contribution in [3.8, 4) is 11.3 Å². The van der Waals surface area contributed by atoms with Gasteiger partial charge in [0.15, 0.2) is 11.6 Å². The zero-order valence-electron chi connectivity index (χ0n) is 15.4. The molecule has 0 aliphatic carbocycles. The molecule has 1 fully saturated rings. The molecule has 0 unspecified atom stereocenters. The van der Waals surface area contributed by atoms with Gasteiger partial charge in [0.25, 0.3) is 5.91 Å². The lowest BCUT2D eigenvalue weighted by Crippen LogP contribution is -2.60. The maximum absolute atomic E-state index is 14.9. The molecule has 4 rings (SSSR count). The Labute approximate surface area is 160 Å². The summed E-state index contributed by atoms with van der Waals surface area (Å²) in [7, 11) is 3.48. The Balaban J connectivity index is 1.49. The predicted octanol–water partition coefficient (Wildman–Crippen LogP) is 2.12. The number of benzene rings is 1. The summed E-state index contributed by atoms with van der Waals surface area (Å²) in [6.45, 7) is 0.910. The summed E-state index contributed by atoms with van der Waals surface area (Å²) in [5.74, 6) is -0.926. The number of hydrogen-bond acceptors (Lipinski definition) is 5. The molecular weight excluding hydrogens is 366 g/mol. The number of carbonyl (C=O) groups excluding carboxylic acids is 1. The quantitative estimate of drug-likeness (QED) is 0.689. The van der Waals surface area contributed by atoms with Crippen molar-refractivity contribution in [3.05, 3.63) is 60.4 Å². The maximum Gasteiger partial charge on any atom is 0.272 e. The Morgan fingerprint density at radius 2 is 1.89 bits per heavy atom. The van der Waals surface area contributed by atoms with Gasteiger partial charge in [0.2, 0.25) is 0 Å². The van der Waals surface area contributed by atoms with Gasteiger partial charge in [-0.25, -0.2) is 23.7 Å². The minimum atomic E-state index is -0.562. The van der Waals surface area contributed by atoms with Crippen LogP contribution < -0.4 is 4.90 Å². The molecule has 9 heteroatoms. The number of likely N-dealkylation sites (N-methyl/N-ethyl adjacent to an activating group) is 1. The van der Waals surface area contributed by atoms with Gasteiger partial charge in [-0.3, -0.25) is 4.79 Å². The van der Waals surface area contributed by atoms with Gasteiger partial charge in [-0.15, -0.1) is 0 Å². The molecule has 144 valence electrons. The van der Waals surface area contributed by atoms with E-state index in [0.717, 1.165) is 0 Å². The highest BCUT2D eigenvalue weighted by Gasteiger charge is 2.36. The van der Waals surface area contributed by atoms with Crippen LogP contribution in [0.5, 0.6) is 0 Å². The van der Waals surface area contributed by atoms with Crippen LogP contribution in [-0.2, 0) is 7.05 Å². The zero-order chi connectivity index (χ0) is 19.8. The minimum absolute atomic E-state index is 0.0639. The first-order valence-corrected chi connectivity index (χ1v) is 8.70. The third-order valence-electron chi connectivity index (χ3n) is 4.95. The number of amides is 1. The summed E-state index contributed by atoms with van der Waals surface area (Å²) in [5, 5.41) is 0. The van der Waals surface area contributed by atoms with Gasteiger partial charge in [-0.05, 0) is 24.3 Å². The van der Waals surface area contributed by atoms with Crippen molar-refractivity contribution in [2.24, 2.45) is 7.05 Å². The van der Waals surface area contributed by atoms with E-state index in [1.165, 1.54) is 36.8 Å². The van der Waals surface area contributed by atoms with E-state index in [4.69, 9.17) is 0 Å². The molecule has 0 N–H and O–H groups in total. The Bertz CT molecular complexity index is 1010. The third-order valence-corrected chi connectivity index (χ3v) is 4.95. The Morgan fingerprint density at radius 1 is 1.18 bits per heavy atom. The number of carbonyl (C=O) groups is 1. The van der Waals surface area contributed by atoms with Gasteiger partial charge < -0.3 is 14.4 Å². The molecule has 2 aromatic heterocycles. The number of aryl methyl sites for hydroxylation is 1. The van der Waals surface area contributed by atoms with Gasteiger partial charge >= 0.3 is 0 Å². The molecule has 3 heterocycles. The molecule has 1 saturated heterocycles. The summed E-state index contributed by atoms with van der Waals surface area (Å²) in [5.41, 5.74) is 1.09. The fraction of sp³-hybridized carbons (Fsp3) is 0.263. The smallest absolute Gasteiger partial charge is 0.272 e. The van der Waals surface area contributed by atoms with Crippen molar-refractivity contribution in [1.82, 2.24) is 24.4 Å². The minimum Gasteiger partial charge on any atom is -0.350 e. The van der Waals surface area contributed by atoms with E-state index in [-0.39, 0.29) is 23.5 Å². The van der Waals surface area contributed by atoms with E-state index in [1.54, 1.807) is 34.8 Å². The van der Waals surface area contributed by atoms with Gasteiger partial charge in [-0.2, -0.15) is 0 Å². The molecule has 0 atom stereocenters. The Kier molecular flexibility index (Phi) is 4.50. The number of nitrogens with zero attached hydrogens (tertiary/aromatic N) is 6. The van der Waals surface area contributed by atoms with Crippen molar-refractivity contribution in [2.45, 2.75) is 6.04 Å². The standard InChI is InChI=1S/C19H18F2N6O/c1-25-11-22-7-15(25)19(28)26(2)14-8-27(9-14)18-16(21)17(23-10-24-18)12-3-5-13(20)6-4-12/h3-7,10-11,14H,8-9H2,1-2H3. The van der Waals surface area contributed by atoms with Crippen LogP contribution in [0.1, 0.15) is 10.5 Å². The van der Waals surface area contributed by atoms with E-state index in [1.807, 2.05) is 0 Å². The highest BCUT2D eigenvalue weighted by Crippen LogP contribution is 2.29.